The number of para-hydroxylation sites is 1. The van der Waals surface area contributed by atoms with Gasteiger partial charge in [0.15, 0.2) is 0 Å². The monoisotopic (exact) mass is 277 g/mol. The lowest BCUT2D eigenvalue weighted by Crippen LogP contribution is -2.25. The molecule has 2 aliphatic carbocycles. The fourth-order valence-corrected chi connectivity index (χ4v) is 4.51. The van der Waals surface area contributed by atoms with Crippen molar-refractivity contribution in [2.24, 2.45) is 17.8 Å². The van der Waals surface area contributed by atoms with Crippen molar-refractivity contribution < 1.29 is 0 Å². The highest BCUT2D eigenvalue weighted by molar-refractivity contribution is 5.45. The topological polar surface area (TPSA) is 12.0 Å². The van der Waals surface area contributed by atoms with Crippen LogP contribution in [0.2, 0.25) is 0 Å². The third-order valence-electron chi connectivity index (χ3n) is 5.48. The highest BCUT2D eigenvalue weighted by atomic mass is 14.9. The van der Waals surface area contributed by atoms with Crippen molar-refractivity contribution in [3.8, 4) is 0 Å². The number of rotatable bonds is 4. The first-order valence-electron chi connectivity index (χ1n) is 8.26. The molecule has 0 radical (unpaired) electrons. The maximum atomic E-state index is 3.82. The minimum absolute atomic E-state index is 0.462. The quantitative estimate of drug-likeness (QED) is 0.802. The van der Waals surface area contributed by atoms with Gasteiger partial charge in [0.2, 0.25) is 0 Å². The van der Waals surface area contributed by atoms with Gasteiger partial charge in [0, 0.05) is 5.69 Å². The second-order valence-corrected chi connectivity index (χ2v) is 6.74. The van der Waals surface area contributed by atoms with Crippen LogP contribution in [-0.2, 0) is 0 Å². The first-order chi connectivity index (χ1) is 10.4. The lowest BCUT2D eigenvalue weighted by molar-refractivity contribution is 0.297. The predicted molar refractivity (Wildman–Crippen MR) is 88.2 cm³/mol. The Morgan fingerprint density at radius 3 is 2.14 bits per heavy atom. The lowest BCUT2D eigenvalue weighted by Gasteiger charge is -2.32. The third-order valence-corrected chi connectivity index (χ3v) is 5.48. The van der Waals surface area contributed by atoms with Crippen LogP contribution in [0, 0.1) is 17.8 Å². The molecule has 21 heavy (non-hydrogen) atoms. The Bertz CT molecular complexity index is 577. The SMILES string of the molecule is c1ccc(NC(c2ccccc2)C2CC3CCC2C3)cc1. The van der Waals surface area contributed by atoms with Crippen molar-refractivity contribution in [1.82, 2.24) is 0 Å². The maximum absolute atomic E-state index is 3.82. The number of fused-ring (bicyclic) bond motifs is 2. The zero-order chi connectivity index (χ0) is 14.1. The molecule has 2 aromatic rings. The summed E-state index contributed by atoms with van der Waals surface area (Å²) in [7, 11) is 0. The van der Waals surface area contributed by atoms with Crippen LogP contribution >= 0.6 is 0 Å². The van der Waals surface area contributed by atoms with E-state index >= 15 is 0 Å². The summed E-state index contributed by atoms with van der Waals surface area (Å²) in [6.45, 7) is 0. The molecule has 108 valence electrons. The van der Waals surface area contributed by atoms with Crippen LogP contribution in [0.3, 0.4) is 0 Å². The van der Waals surface area contributed by atoms with Gasteiger partial charge in [-0.15, -0.1) is 0 Å². The number of nitrogens with one attached hydrogen (secondary N) is 1. The number of hydrogen-bond donors (Lipinski definition) is 1. The minimum atomic E-state index is 0.462. The first-order valence-corrected chi connectivity index (χ1v) is 8.26. The molecule has 0 amide bonds. The van der Waals surface area contributed by atoms with Crippen molar-refractivity contribution in [2.45, 2.75) is 31.7 Å². The van der Waals surface area contributed by atoms with E-state index in [9.17, 15) is 0 Å². The Kier molecular flexibility index (Phi) is 3.42. The number of hydrogen-bond acceptors (Lipinski definition) is 1. The van der Waals surface area contributed by atoms with Crippen LogP contribution in [-0.4, -0.2) is 0 Å². The average molecular weight is 277 g/mol. The Hall–Kier alpha value is -1.76. The first kappa shape index (κ1) is 12.9. The van der Waals surface area contributed by atoms with E-state index in [1.165, 1.54) is 36.9 Å². The van der Waals surface area contributed by atoms with Crippen LogP contribution in [0.5, 0.6) is 0 Å². The average Bonchev–Trinajstić information content (AvgIpc) is 3.17. The Labute approximate surface area is 127 Å². The van der Waals surface area contributed by atoms with Crippen LogP contribution in [0.25, 0.3) is 0 Å². The van der Waals surface area contributed by atoms with E-state index in [-0.39, 0.29) is 0 Å². The molecule has 2 aliphatic rings. The van der Waals surface area contributed by atoms with Gasteiger partial charge in [-0.05, 0) is 54.7 Å². The number of anilines is 1. The zero-order valence-corrected chi connectivity index (χ0v) is 12.4. The van der Waals surface area contributed by atoms with E-state index in [1.807, 2.05) is 0 Å². The van der Waals surface area contributed by atoms with Crippen molar-refractivity contribution in [1.29, 1.82) is 0 Å². The summed E-state index contributed by atoms with van der Waals surface area (Å²) < 4.78 is 0. The summed E-state index contributed by atoms with van der Waals surface area (Å²) >= 11 is 0. The lowest BCUT2D eigenvalue weighted by atomic mass is 9.80. The van der Waals surface area contributed by atoms with Gasteiger partial charge < -0.3 is 5.32 Å². The maximum Gasteiger partial charge on any atom is 0.0544 e. The number of benzene rings is 2. The van der Waals surface area contributed by atoms with Crippen molar-refractivity contribution in [2.75, 3.05) is 5.32 Å². The van der Waals surface area contributed by atoms with Gasteiger partial charge in [-0.2, -0.15) is 0 Å². The highest BCUT2D eigenvalue weighted by Crippen LogP contribution is 2.53. The molecule has 0 saturated heterocycles. The normalized spacial score (nSPS) is 28.5. The van der Waals surface area contributed by atoms with Gasteiger partial charge in [-0.3, -0.25) is 0 Å². The van der Waals surface area contributed by atoms with Crippen LogP contribution in [0.1, 0.15) is 37.3 Å². The third kappa shape index (κ3) is 2.57. The molecule has 0 heterocycles. The predicted octanol–water partition coefficient (Wildman–Crippen LogP) is 5.28. The van der Waals surface area contributed by atoms with E-state index in [0.717, 1.165) is 17.8 Å². The van der Waals surface area contributed by atoms with Crippen molar-refractivity contribution in [3.05, 3.63) is 66.2 Å². The summed E-state index contributed by atoms with van der Waals surface area (Å²) in [5, 5.41) is 3.82. The van der Waals surface area contributed by atoms with Gasteiger partial charge in [-0.1, -0.05) is 55.0 Å². The standard InChI is InChI=1S/C20H23N/c1-3-7-16(8-4-1)20(21-18-9-5-2-6-10-18)19-14-15-11-12-17(19)13-15/h1-10,15,17,19-21H,11-14H2. The zero-order valence-electron chi connectivity index (χ0n) is 12.4. The molecule has 2 fully saturated rings. The van der Waals surface area contributed by atoms with Crippen LogP contribution in [0.4, 0.5) is 5.69 Å². The van der Waals surface area contributed by atoms with Gasteiger partial charge in [0.25, 0.3) is 0 Å². The summed E-state index contributed by atoms with van der Waals surface area (Å²) in [6, 6.07) is 22.2. The summed E-state index contributed by atoms with van der Waals surface area (Å²) in [5.41, 5.74) is 2.69. The van der Waals surface area contributed by atoms with Gasteiger partial charge in [0.05, 0.1) is 6.04 Å². The molecule has 1 heteroatoms. The molecular weight excluding hydrogens is 254 g/mol. The molecule has 1 N–H and O–H groups in total. The van der Waals surface area contributed by atoms with Gasteiger partial charge in [0.1, 0.15) is 0 Å². The Morgan fingerprint density at radius 1 is 0.810 bits per heavy atom. The molecule has 1 nitrogen and oxygen atoms in total. The van der Waals surface area contributed by atoms with E-state index in [0.29, 0.717) is 6.04 Å². The Morgan fingerprint density at radius 2 is 1.52 bits per heavy atom. The molecule has 0 aliphatic heterocycles. The molecule has 2 aromatic carbocycles. The Balaban J connectivity index is 1.63. The second-order valence-electron chi connectivity index (χ2n) is 6.74. The summed E-state index contributed by atoms with van der Waals surface area (Å²) in [6.07, 6.45) is 5.78. The fourth-order valence-electron chi connectivity index (χ4n) is 4.51. The van der Waals surface area contributed by atoms with Crippen LogP contribution in [0.15, 0.2) is 60.7 Å². The van der Waals surface area contributed by atoms with Crippen LogP contribution < -0.4 is 5.32 Å². The second kappa shape index (κ2) is 5.55. The van der Waals surface area contributed by atoms with Crippen molar-refractivity contribution >= 4 is 5.69 Å². The highest BCUT2D eigenvalue weighted by Gasteiger charge is 2.43. The molecule has 2 bridgehead atoms. The molecule has 0 aromatic heterocycles. The van der Waals surface area contributed by atoms with E-state index in [2.05, 4.69) is 66.0 Å². The molecule has 2 saturated carbocycles. The smallest absolute Gasteiger partial charge is 0.0544 e. The molecule has 4 atom stereocenters. The molecule has 4 rings (SSSR count). The molecular formula is C20H23N. The van der Waals surface area contributed by atoms with Gasteiger partial charge in [-0.25, -0.2) is 0 Å². The summed E-state index contributed by atoms with van der Waals surface area (Å²) in [4.78, 5) is 0. The molecule has 0 spiro atoms. The largest absolute Gasteiger partial charge is 0.378 e. The van der Waals surface area contributed by atoms with E-state index < -0.39 is 0 Å². The fraction of sp³-hybridized carbons (Fsp3) is 0.400. The minimum Gasteiger partial charge on any atom is -0.378 e. The van der Waals surface area contributed by atoms with Crippen molar-refractivity contribution in [3.63, 3.8) is 0 Å². The molecule has 4 unspecified atom stereocenters. The van der Waals surface area contributed by atoms with E-state index in [1.54, 1.807) is 0 Å². The van der Waals surface area contributed by atoms with E-state index in [4.69, 9.17) is 0 Å². The van der Waals surface area contributed by atoms with Gasteiger partial charge >= 0.3 is 0 Å². The summed E-state index contributed by atoms with van der Waals surface area (Å²) in [5.74, 6) is 2.71.